The predicted molar refractivity (Wildman–Crippen MR) is 58.9 cm³/mol. The molecule has 1 aromatic carbocycles. The van der Waals surface area contributed by atoms with Gasteiger partial charge in [-0.3, -0.25) is 4.79 Å². The van der Waals surface area contributed by atoms with Gasteiger partial charge in [0.15, 0.2) is 6.04 Å². The molecule has 1 amide bonds. The monoisotopic (exact) mass is 269 g/mol. The number of hydrogen-bond donors (Lipinski definition) is 3. The molecule has 18 heavy (non-hydrogen) atoms. The van der Waals surface area contributed by atoms with E-state index in [2.05, 4.69) is 11.1 Å². The summed E-state index contributed by atoms with van der Waals surface area (Å²) in [4.78, 5) is 22.1. The summed E-state index contributed by atoms with van der Waals surface area (Å²) in [6, 6.07) is 6.97. The topological polar surface area (TPSA) is 118 Å². The lowest BCUT2D eigenvalue weighted by atomic mass is 10.2. The van der Waals surface area contributed by atoms with Gasteiger partial charge in [0.25, 0.3) is 5.91 Å². The number of nitriles is 1. The minimum Gasteiger partial charge on any atom is -1.00 e. The number of carboxylic acids is 1. The van der Waals surface area contributed by atoms with Crippen LogP contribution in [0.5, 0.6) is 0 Å². The van der Waals surface area contributed by atoms with Crippen molar-refractivity contribution in [2.75, 3.05) is 5.32 Å². The van der Waals surface area contributed by atoms with Crippen LogP contribution in [0.25, 0.3) is 0 Å². The van der Waals surface area contributed by atoms with Crippen LogP contribution in [0, 0.1) is 11.3 Å². The SMILES string of the molecule is N#CC[C@H]([NH3+])C(=O)Nc1ccc(C(=O)O)cc1.[Cl-]. The van der Waals surface area contributed by atoms with Gasteiger partial charge in [-0.1, -0.05) is 0 Å². The summed E-state index contributed by atoms with van der Waals surface area (Å²) >= 11 is 0. The van der Waals surface area contributed by atoms with Crippen LogP contribution in [0.2, 0.25) is 0 Å². The van der Waals surface area contributed by atoms with Crippen molar-refractivity contribution in [3.05, 3.63) is 29.8 Å². The molecule has 1 aromatic rings. The van der Waals surface area contributed by atoms with Crippen LogP contribution in [-0.2, 0) is 4.79 Å². The first-order valence-corrected chi connectivity index (χ1v) is 4.89. The van der Waals surface area contributed by atoms with Gasteiger partial charge in [0.05, 0.1) is 18.1 Å². The number of benzene rings is 1. The van der Waals surface area contributed by atoms with E-state index in [4.69, 9.17) is 10.4 Å². The van der Waals surface area contributed by atoms with Crippen molar-refractivity contribution >= 4 is 17.6 Å². The minimum absolute atomic E-state index is 0. The van der Waals surface area contributed by atoms with Crippen molar-refractivity contribution in [2.24, 2.45) is 0 Å². The molecular formula is C11H12ClN3O3. The maximum atomic E-state index is 11.5. The number of carbonyl (C=O) groups excluding carboxylic acids is 1. The molecule has 0 aliphatic rings. The number of carboxylic acid groups (broad SMARTS) is 1. The van der Waals surface area contributed by atoms with Crippen LogP contribution in [0.4, 0.5) is 5.69 Å². The van der Waals surface area contributed by atoms with Crippen molar-refractivity contribution < 1.29 is 32.8 Å². The molecule has 1 rings (SSSR count). The molecule has 7 heteroatoms. The molecule has 0 fully saturated rings. The number of anilines is 1. The van der Waals surface area contributed by atoms with E-state index in [1.807, 2.05) is 6.07 Å². The van der Waals surface area contributed by atoms with Crippen molar-refractivity contribution in [3.63, 3.8) is 0 Å². The summed E-state index contributed by atoms with van der Waals surface area (Å²) in [7, 11) is 0. The highest BCUT2D eigenvalue weighted by atomic mass is 35.5. The number of amides is 1. The molecule has 0 aromatic heterocycles. The van der Waals surface area contributed by atoms with E-state index >= 15 is 0 Å². The number of quaternary nitrogens is 1. The lowest BCUT2D eigenvalue weighted by Gasteiger charge is -2.06. The maximum Gasteiger partial charge on any atom is 0.335 e. The van der Waals surface area contributed by atoms with E-state index in [-0.39, 0.29) is 30.3 Å². The van der Waals surface area contributed by atoms with Gasteiger partial charge < -0.3 is 28.6 Å². The van der Waals surface area contributed by atoms with Crippen LogP contribution < -0.4 is 23.5 Å². The highest BCUT2D eigenvalue weighted by Gasteiger charge is 2.16. The Balaban J connectivity index is 0.00000289. The van der Waals surface area contributed by atoms with E-state index < -0.39 is 12.0 Å². The second kappa shape index (κ2) is 7.27. The van der Waals surface area contributed by atoms with Crippen molar-refractivity contribution in [2.45, 2.75) is 12.5 Å². The zero-order valence-corrected chi connectivity index (χ0v) is 10.1. The number of hydrogen-bond acceptors (Lipinski definition) is 3. The van der Waals surface area contributed by atoms with Gasteiger partial charge >= 0.3 is 5.97 Å². The maximum absolute atomic E-state index is 11.5. The predicted octanol–water partition coefficient (Wildman–Crippen LogP) is -3.15. The zero-order chi connectivity index (χ0) is 12.8. The molecule has 0 unspecified atom stereocenters. The Labute approximate surface area is 110 Å². The number of nitrogens with one attached hydrogen (secondary N) is 1. The molecule has 0 radical (unpaired) electrons. The molecule has 0 heterocycles. The number of rotatable bonds is 4. The molecule has 6 nitrogen and oxygen atoms in total. The van der Waals surface area contributed by atoms with E-state index in [1.54, 1.807) is 0 Å². The van der Waals surface area contributed by atoms with Crippen LogP contribution in [0.3, 0.4) is 0 Å². The van der Waals surface area contributed by atoms with Gasteiger partial charge in [0.1, 0.15) is 0 Å². The fraction of sp³-hybridized carbons (Fsp3) is 0.182. The summed E-state index contributed by atoms with van der Waals surface area (Å²) in [6.45, 7) is 0. The first kappa shape index (κ1) is 15.9. The Kier molecular flexibility index (Phi) is 6.42. The summed E-state index contributed by atoms with van der Waals surface area (Å²) in [6.07, 6.45) is 0.0407. The van der Waals surface area contributed by atoms with E-state index in [1.165, 1.54) is 24.3 Å². The van der Waals surface area contributed by atoms with Crippen LogP contribution in [-0.4, -0.2) is 23.0 Å². The Morgan fingerprint density at radius 1 is 1.39 bits per heavy atom. The first-order valence-electron chi connectivity index (χ1n) is 4.89. The molecule has 0 aliphatic heterocycles. The Morgan fingerprint density at radius 3 is 2.39 bits per heavy atom. The zero-order valence-electron chi connectivity index (χ0n) is 9.39. The average molecular weight is 270 g/mol. The molecule has 0 bridgehead atoms. The normalized spacial score (nSPS) is 10.7. The number of aromatic carboxylic acids is 1. The number of nitrogens with zero attached hydrogens (tertiary/aromatic N) is 1. The highest BCUT2D eigenvalue weighted by Crippen LogP contribution is 2.09. The Morgan fingerprint density at radius 2 is 1.94 bits per heavy atom. The minimum atomic E-state index is -1.03. The van der Waals surface area contributed by atoms with Crippen molar-refractivity contribution in [1.29, 1.82) is 5.26 Å². The quantitative estimate of drug-likeness (QED) is 0.535. The van der Waals surface area contributed by atoms with Gasteiger partial charge in [-0.2, -0.15) is 5.26 Å². The van der Waals surface area contributed by atoms with Gasteiger partial charge in [-0.05, 0) is 24.3 Å². The van der Waals surface area contributed by atoms with Crippen LogP contribution >= 0.6 is 0 Å². The Bertz CT molecular complexity index is 467. The fourth-order valence-electron chi connectivity index (χ4n) is 1.14. The third-order valence-corrected chi connectivity index (χ3v) is 2.11. The van der Waals surface area contributed by atoms with Gasteiger partial charge in [0, 0.05) is 5.69 Å². The van der Waals surface area contributed by atoms with Gasteiger partial charge in [-0.25, -0.2) is 4.79 Å². The van der Waals surface area contributed by atoms with E-state index in [9.17, 15) is 9.59 Å². The van der Waals surface area contributed by atoms with Crippen molar-refractivity contribution in [3.8, 4) is 6.07 Å². The number of carbonyl (C=O) groups is 2. The third-order valence-electron chi connectivity index (χ3n) is 2.11. The molecule has 0 spiro atoms. The van der Waals surface area contributed by atoms with Crippen LogP contribution in [0.15, 0.2) is 24.3 Å². The third kappa shape index (κ3) is 4.41. The molecule has 96 valence electrons. The molecule has 5 N–H and O–H groups in total. The lowest BCUT2D eigenvalue weighted by Crippen LogP contribution is -3.00. The second-order valence-corrected chi connectivity index (χ2v) is 3.43. The summed E-state index contributed by atoms with van der Waals surface area (Å²) in [5, 5.41) is 19.6. The summed E-state index contributed by atoms with van der Waals surface area (Å²) < 4.78 is 0. The first-order chi connectivity index (χ1) is 8.04. The van der Waals surface area contributed by atoms with Crippen molar-refractivity contribution in [1.82, 2.24) is 0 Å². The largest absolute Gasteiger partial charge is 1.00 e. The van der Waals surface area contributed by atoms with Gasteiger partial charge in [-0.15, -0.1) is 0 Å². The summed E-state index contributed by atoms with van der Waals surface area (Å²) in [5.74, 6) is -1.39. The highest BCUT2D eigenvalue weighted by molar-refractivity contribution is 5.94. The smallest absolute Gasteiger partial charge is 0.335 e. The lowest BCUT2D eigenvalue weighted by molar-refractivity contribution is -0.401. The second-order valence-electron chi connectivity index (χ2n) is 3.43. The molecule has 1 atom stereocenters. The summed E-state index contributed by atoms with van der Waals surface area (Å²) in [5.41, 5.74) is 4.16. The van der Waals surface area contributed by atoms with Gasteiger partial charge in [0.2, 0.25) is 0 Å². The molecule has 0 aliphatic carbocycles. The molecule has 0 saturated carbocycles. The van der Waals surface area contributed by atoms with Crippen LogP contribution in [0.1, 0.15) is 16.8 Å². The standard InChI is InChI=1S/C11H11N3O3.ClH/c12-6-5-9(13)10(15)14-8-3-1-7(2-4-8)11(16)17;/h1-4,9H,5,13H2,(H,14,15)(H,16,17);1H/t9-;/m0./s1. The molecule has 0 saturated heterocycles. The molecular weight excluding hydrogens is 258 g/mol. The van der Waals surface area contributed by atoms with E-state index in [0.717, 1.165) is 0 Å². The number of halogens is 1. The Hall–Kier alpha value is -2.10. The van der Waals surface area contributed by atoms with E-state index in [0.29, 0.717) is 5.69 Å². The average Bonchev–Trinajstić information content (AvgIpc) is 2.30. The fourth-order valence-corrected chi connectivity index (χ4v) is 1.14.